The van der Waals surface area contributed by atoms with Crippen molar-refractivity contribution >= 4 is 17.6 Å². The Balaban J connectivity index is 1.97. The smallest absolute Gasteiger partial charge is 0.310 e. The van der Waals surface area contributed by atoms with Crippen LogP contribution < -0.4 is 5.32 Å². The van der Waals surface area contributed by atoms with Gasteiger partial charge in [-0.1, -0.05) is 25.5 Å². The van der Waals surface area contributed by atoms with Crippen molar-refractivity contribution in [2.75, 3.05) is 5.32 Å². The van der Waals surface area contributed by atoms with Crippen molar-refractivity contribution in [3.8, 4) is 0 Å². The summed E-state index contributed by atoms with van der Waals surface area (Å²) in [5, 5.41) is 12.0. The second kappa shape index (κ2) is 7.43. The topological polar surface area (TPSA) is 66.4 Å². The van der Waals surface area contributed by atoms with Crippen molar-refractivity contribution in [1.82, 2.24) is 0 Å². The summed E-state index contributed by atoms with van der Waals surface area (Å²) in [5.41, 5.74) is 1.40. The Morgan fingerprint density at radius 3 is 2.55 bits per heavy atom. The third-order valence-electron chi connectivity index (χ3n) is 4.82. The Bertz CT molecular complexity index is 533. The van der Waals surface area contributed by atoms with Gasteiger partial charge < -0.3 is 10.4 Å². The summed E-state index contributed by atoms with van der Waals surface area (Å²) in [6.07, 6.45) is 5.37. The molecule has 1 aromatic carbocycles. The molecule has 0 bridgehead atoms. The highest BCUT2D eigenvalue weighted by Gasteiger charge is 2.25. The molecule has 1 saturated carbocycles. The minimum absolute atomic E-state index is 0.0645. The molecule has 1 atom stereocenters. The molecule has 22 heavy (non-hydrogen) atoms. The highest BCUT2D eigenvalue weighted by molar-refractivity contribution is 5.92. The maximum atomic E-state index is 12.4. The van der Waals surface area contributed by atoms with E-state index in [0.29, 0.717) is 11.3 Å². The van der Waals surface area contributed by atoms with E-state index in [4.69, 9.17) is 5.11 Å². The molecule has 0 aliphatic heterocycles. The third-order valence-corrected chi connectivity index (χ3v) is 4.82. The van der Waals surface area contributed by atoms with Gasteiger partial charge in [0.1, 0.15) is 0 Å². The summed E-state index contributed by atoms with van der Waals surface area (Å²) in [5.74, 6) is -0.514. The van der Waals surface area contributed by atoms with Gasteiger partial charge in [-0.15, -0.1) is 0 Å². The van der Waals surface area contributed by atoms with Crippen LogP contribution in [0.15, 0.2) is 24.3 Å². The van der Waals surface area contributed by atoms with Gasteiger partial charge in [-0.3, -0.25) is 9.59 Å². The lowest BCUT2D eigenvalue weighted by molar-refractivity contribution is -0.138. The fraction of sp³-hybridized carbons (Fsp3) is 0.556. The fourth-order valence-electron chi connectivity index (χ4n) is 3.11. The van der Waals surface area contributed by atoms with E-state index in [9.17, 15) is 9.59 Å². The minimum Gasteiger partial charge on any atom is -0.481 e. The molecule has 1 aromatic rings. The molecule has 1 amide bonds. The van der Waals surface area contributed by atoms with Crippen LogP contribution in [0.2, 0.25) is 0 Å². The Kier molecular flexibility index (Phi) is 5.58. The zero-order chi connectivity index (χ0) is 16.1. The van der Waals surface area contributed by atoms with Gasteiger partial charge in [0.15, 0.2) is 0 Å². The Morgan fingerprint density at radius 2 is 1.95 bits per heavy atom. The average Bonchev–Trinajstić information content (AvgIpc) is 2.54. The SMILES string of the molecule is CCC1CCC(C(=O)Nc2cccc(C(C)C(=O)O)c2)CC1. The number of nitrogens with one attached hydrogen (secondary N) is 1. The van der Waals surface area contributed by atoms with Gasteiger partial charge in [-0.2, -0.15) is 0 Å². The Morgan fingerprint density at radius 1 is 1.27 bits per heavy atom. The molecular weight excluding hydrogens is 278 g/mol. The van der Waals surface area contributed by atoms with E-state index < -0.39 is 11.9 Å². The van der Waals surface area contributed by atoms with E-state index in [2.05, 4.69) is 12.2 Å². The Hall–Kier alpha value is -1.84. The number of carbonyl (C=O) groups excluding carboxylic acids is 1. The van der Waals surface area contributed by atoms with Crippen LogP contribution in [0.5, 0.6) is 0 Å². The summed E-state index contributed by atoms with van der Waals surface area (Å²) in [4.78, 5) is 23.4. The van der Waals surface area contributed by atoms with Gasteiger partial charge in [-0.05, 0) is 56.2 Å². The lowest BCUT2D eigenvalue weighted by atomic mass is 9.80. The molecule has 0 heterocycles. The number of carboxylic acids is 1. The van der Waals surface area contributed by atoms with E-state index in [1.54, 1.807) is 25.1 Å². The molecule has 0 radical (unpaired) electrons. The first kappa shape index (κ1) is 16.5. The first-order valence-corrected chi connectivity index (χ1v) is 8.14. The van der Waals surface area contributed by atoms with Crippen molar-refractivity contribution in [2.24, 2.45) is 11.8 Å². The number of anilines is 1. The first-order valence-electron chi connectivity index (χ1n) is 8.14. The molecule has 4 heteroatoms. The molecule has 1 fully saturated rings. The zero-order valence-electron chi connectivity index (χ0n) is 13.3. The predicted molar refractivity (Wildman–Crippen MR) is 86.9 cm³/mol. The van der Waals surface area contributed by atoms with E-state index in [-0.39, 0.29) is 11.8 Å². The highest BCUT2D eigenvalue weighted by Crippen LogP contribution is 2.31. The predicted octanol–water partition coefficient (Wildman–Crippen LogP) is 4.03. The summed E-state index contributed by atoms with van der Waals surface area (Å²) in [6, 6.07) is 7.14. The number of hydrogen-bond donors (Lipinski definition) is 2. The van der Waals surface area contributed by atoms with Crippen molar-refractivity contribution in [1.29, 1.82) is 0 Å². The molecule has 1 aliphatic rings. The van der Waals surface area contributed by atoms with E-state index in [1.807, 2.05) is 6.07 Å². The van der Waals surface area contributed by atoms with Crippen LogP contribution in [0.1, 0.15) is 57.4 Å². The van der Waals surface area contributed by atoms with Gasteiger partial charge >= 0.3 is 5.97 Å². The second-order valence-corrected chi connectivity index (χ2v) is 6.30. The fourth-order valence-corrected chi connectivity index (χ4v) is 3.11. The number of carbonyl (C=O) groups is 2. The summed E-state index contributed by atoms with van der Waals surface area (Å²) in [7, 11) is 0. The van der Waals surface area contributed by atoms with Crippen LogP contribution in [-0.2, 0) is 9.59 Å². The molecule has 2 rings (SSSR count). The highest BCUT2D eigenvalue weighted by atomic mass is 16.4. The van der Waals surface area contributed by atoms with Crippen molar-refractivity contribution in [3.05, 3.63) is 29.8 Å². The number of aliphatic carboxylic acids is 1. The van der Waals surface area contributed by atoms with Crippen molar-refractivity contribution in [2.45, 2.75) is 51.9 Å². The van der Waals surface area contributed by atoms with Crippen LogP contribution >= 0.6 is 0 Å². The summed E-state index contributed by atoms with van der Waals surface area (Å²) >= 11 is 0. The number of carboxylic acid groups (broad SMARTS) is 1. The van der Waals surface area contributed by atoms with E-state index in [1.165, 1.54) is 6.42 Å². The van der Waals surface area contributed by atoms with Crippen LogP contribution in [0, 0.1) is 11.8 Å². The number of benzene rings is 1. The zero-order valence-corrected chi connectivity index (χ0v) is 13.3. The van der Waals surface area contributed by atoms with Crippen LogP contribution in [0.3, 0.4) is 0 Å². The van der Waals surface area contributed by atoms with Gasteiger partial charge in [0.25, 0.3) is 0 Å². The molecular formula is C18H25NO3. The third kappa shape index (κ3) is 4.09. The van der Waals surface area contributed by atoms with Gasteiger partial charge in [0.2, 0.25) is 5.91 Å². The normalized spacial score (nSPS) is 22.8. The average molecular weight is 303 g/mol. The largest absolute Gasteiger partial charge is 0.481 e. The summed E-state index contributed by atoms with van der Waals surface area (Å²) < 4.78 is 0. The van der Waals surface area contributed by atoms with Crippen molar-refractivity contribution < 1.29 is 14.7 Å². The quantitative estimate of drug-likeness (QED) is 0.863. The molecule has 1 unspecified atom stereocenters. The molecule has 0 saturated heterocycles. The minimum atomic E-state index is -0.860. The summed E-state index contributed by atoms with van der Waals surface area (Å²) in [6.45, 7) is 3.86. The van der Waals surface area contributed by atoms with E-state index in [0.717, 1.165) is 31.6 Å². The monoisotopic (exact) mass is 303 g/mol. The second-order valence-electron chi connectivity index (χ2n) is 6.30. The van der Waals surface area contributed by atoms with Crippen molar-refractivity contribution in [3.63, 3.8) is 0 Å². The number of hydrogen-bond acceptors (Lipinski definition) is 2. The molecule has 4 nitrogen and oxygen atoms in total. The maximum Gasteiger partial charge on any atom is 0.310 e. The Labute approximate surface area is 131 Å². The number of amides is 1. The molecule has 0 aromatic heterocycles. The molecule has 0 spiro atoms. The maximum absolute atomic E-state index is 12.4. The van der Waals surface area contributed by atoms with E-state index >= 15 is 0 Å². The lowest BCUT2D eigenvalue weighted by Crippen LogP contribution is -2.27. The van der Waals surface area contributed by atoms with Crippen LogP contribution in [0.25, 0.3) is 0 Å². The number of rotatable bonds is 5. The lowest BCUT2D eigenvalue weighted by Gasteiger charge is -2.27. The van der Waals surface area contributed by atoms with Crippen LogP contribution in [-0.4, -0.2) is 17.0 Å². The van der Waals surface area contributed by atoms with Gasteiger partial charge in [0.05, 0.1) is 5.92 Å². The van der Waals surface area contributed by atoms with Gasteiger partial charge in [-0.25, -0.2) is 0 Å². The van der Waals surface area contributed by atoms with Gasteiger partial charge in [0, 0.05) is 11.6 Å². The standard InChI is InChI=1S/C18H25NO3/c1-3-13-7-9-14(10-8-13)17(20)19-16-6-4-5-15(11-16)12(2)18(21)22/h4-6,11-14H,3,7-10H2,1-2H3,(H,19,20)(H,21,22). The molecule has 120 valence electrons. The molecule has 1 aliphatic carbocycles. The molecule has 2 N–H and O–H groups in total. The first-order chi connectivity index (χ1) is 10.5. The van der Waals surface area contributed by atoms with Crippen LogP contribution in [0.4, 0.5) is 5.69 Å².